The van der Waals surface area contributed by atoms with Gasteiger partial charge in [-0.3, -0.25) is 0 Å². The van der Waals surface area contributed by atoms with Crippen molar-refractivity contribution >= 4 is 8.80 Å². The SMILES string of the molecule is CC[SiH](CC)CCCC(OCC(O)COC)c1ccco1. The molecule has 0 saturated heterocycles. The Balaban J connectivity index is 2.42. The molecular formula is C16H30O4Si. The Morgan fingerprint density at radius 1 is 1.29 bits per heavy atom. The Kier molecular flexibility index (Phi) is 9.66. The maximum atomic E-state index is 9.71. The van der Waals surface area contributed by atoms with E-state index in [2.05, 4.69) is 13.8 Å². The van der Waals surface area contributed by atoms with E-state index in [1.807, 2.05) is 12.1 Å². The van der Waals surface area contributed by atoms with E-state index in [9.17, 15) is 5.11 Å². The van der Waals surface area contributed by atoms with Gasteiger partial charge in [0, 0.05) is 15.9 Å². The van der Waals surface area contributed by atoms with Crippen LogP contribution in [0.3, 0.4) is 0 Å². The quantitative estimate of drug-likeness (QED) is 0.601. The first-order valence-electron chi connectivity index (χ1n) is 8.03. The van der Waals surface area contributed by atoms with Crippen molar-refractivity contribution in [3.05, 3.63) is 24.2 Å². The summed E-state index contributed by atoms with van der Waals surface area (Å²) in [7, 11) is 1.04. The summed E-state index contributed by atoms with van der Waals surface area (Å²) < 4.78 is 16.2. The molecule has 0 bridgehead atoms. The highest BCUT2D eigenvalue weighted by Crippen LogP contribution is 2.25. The first-order valence-corrected chi connectivity index (χ1v) is 10.5. The van der Waals surface area contributed by atoms with E-state index in [0.29, 0.717) is 6.61 Å². The number of hydrogen-bond acceptors (Lipinski definition) is 4. The van der Waals surface area contributed by atoms with Gasteiger partial charge in [0.15, 0.2) is 0 Å². The van der Waals surface area contributed by atoms with Crippen LogP contribution in [0, 0.1) is 0 Å². The van der Waals surface area contributed by atoms with Crippen LogP contribution >= 0.6 is 0 Å². The van der Waals surface area contributed by atoms with Gasteiger partial charge in [-0.15, -0.1) is 0 Å². The van der Waals surface area contributed by atoms with Crippen LogP contribution in [0.4, 0.5) is 0 Å². The predicted molar refractivity (Wildman–Crippen MR) is 87.4 cm³/mol. The molecule has 1 heterocycles. The molecule has 1 aromatic rings. The maximum Gasteiger partial charge on any atom is 0.132 e. The minimum Gasteiger partial charge on any atom is -0.467 e. The summed E-state index contributed by atoms with van der Waals surface area (Å²) in [6.45, 7) is 5.19. The van der Waals surface area contributed by atoms with Gasteiger partial charge in [-0.05, 0) is 18.6 Å². The number of rotatable bonds is 12. The Morgan fingerprint density at radius 2 is 2.05 bits per heavy atom. The largest absolute Gasteiger partial charge is 0.467 e. The summed E-state index contributed by atoms with van der Waals surface area (Å²) in [5.74, 6) is 0.853. The topological polar surface area (TPSA) is 51.8 Å². The lowest BCUT2D eigenvalue weighted by Gasteiger charge is -2.19. The maximum absolute atomic E-state index is 9.71. The van der Waals surface area contributed by atoms with Gasteiger partial charge in [-0.2, -0.15) is 0 Å². The molecule has 0 saturated carbocycles. The fourth-order valence-corrected chi connectivity index (χ4v) is 4.75. The van der Waals surface area contributed by atoms with Gasteiger partial charge in [0.25, 0.3) is 0 Å². The van der Waals surface area contributed by atoms with E-state index in [-0.39, 0.29) is 12.7 Å². The molecule has 122 valence electrons. The van der Waals surface area contributed by atoms with Crippen LogP contribution in [-0.4, -0.2) is 40.3 Å². The van der Waals surface area contributed by atoms with Gasteiger partial charge in [0.05, 0.1) is 19.5 Å². The van der Waals surface area contributed by atoms with E-state index in [1.54, 1.807) is 13.4 Å². The van der Waals surface area contributed by atoms with Crippen LogP contribution in [0.5, 0.6) is 0 Å². The van der Waals surface area contributed by atoms with E-state index in [4.69, 9.17) is 13.9 Å². The van der Waals surface area contributed by atoms with Gasteiger partial charge in [-0.25, -0.2) is 0 Å². The van der Waals surface area contributed by atoms with E-state index in [0.717, 1.165) is 12.2 Å². The summed E-state index contributed by atoms with van der Waals surface area (Å²) >= 11 is 0. The third kappa shape index (κ3) is 7.27. The number of aliphatic hydroxyl groups excluding tert-OH is 1. The van der Waals surface area contributed by atoms with Crippen molar-refractivity contribution in [2.45, 2.75) is 57.0 Å². The van der Waals surface area contributed by atoms with Crippen LogP contribution in [0.15, 0.2) is 22.8 Å². The van der Waals surface area contributed by atoms with Gasteiger partial charge in [0.1, 0.15) is 18.0 Å². The average Bonchev–Trinajstić information content (AvgIpc) is 3.01. The lowest BCUT2D eigenvalue weighted by molar-refractivity contribution is -0.0458. The molecule has 2 unspecified atom stereocenters. The molecular weight excluding hydrogens is 284 g/mol. The number of hydrogen-bond donors (Lipinski definition) is 1. The van der Waals surface area contributed by atoms with Crippen molar-refractivity contribution < 1.29 is 19.0 Å². The molecule has 0 aliphatic heterocycles. The van der Waals surface area contributed by atoms with E-state index < -0.39 is 14.9 Å². The van der Waals surface area contributed by atoms with Crippen molar-refractivity contribution in [2.24, 2.45) is 0 Å². The van der Waals surface area contributed by atoms with Crippen LogP contribution in [0.25, 0.3) is 0 Å². The molecule has 21 heavy (non-hydrogen) atoms. The predicted octanol–water partition coefficient (Wildman–Crippen LogP) is 3.39. The Hall–Kier alpha value is -0.623. The zero-order valence-electron chi connectivity index (χ0n) is 13.6. The summed E-state index contributed by atoms with van der Waals surface area (Å²) in [4.78, 5) is 0. The summed E-state index contributed by atoms with van der Waals surface area (Å²) in [5.41, 5.74) is 0. The molecule has 5 heteroatoms. The smallest absolute Gasteiger partial charge is 0.132 e. The number of ether oxygens (including phenoxy) is 2. The third-order valence-electron chi connectivity index (χ3n) is 3.94. The Bertz CT molecular complexity index is 338. The van der Waals surface area contributed by atoms with E-state index in [1.165, 1.54) is 24.6 Å². The van der Waals surface area contributed by atoms with Gasteiger partial charge in [0.2, 0.25) is 0 Å². The molecule has 4 nitrogen and oxygen atoms in total. The standard InChI is InChI=1S/C16H30O4Si/c1-4-21(5-2)11-7-9-16(15-8-6-10-19-15)20-13-14(17)12-18-3/h6,8,10,14,16-17,21H,4-5,7,9,11-13H2,1-3H3. The van der Waals surface area contributed by atoms with Gasteiger partial charge < -0.3 is 19.0 Å². The number of methoxy groups -OCH3 is 1. The monoisotopic (exact) mass is 314 g/mol. The average molecular weight is 314 g/mol. The van der Waals surface area contributed by atoms with Crippen molar-refractivity contribution in [3.8, 4) is 0 Å². The third-order valence-corrected chi connectivity index (χ3v) is 7.48. The lowest BCUT2D eigenvalue weighted by Crippen LogP contribution is -2.22. The highest BCUT2D eigenvalue weighted by molar-refractivity contribution is 6.58. The van der Waals surface area contributed by atoms with Crippen molar-refractivity contribution in [3.63, 3.8) is 0 Å². The van der Waals surface area contributed by atoms with Crippen LogP contribution in [-0.2, 0) is 9.47 Å². The highest BCUT2D eigenvalue weighted by atomic mass is 28.3. The minimum atomic E-state index is -0.583. The van der Waals surface area contributed by atoms with Crippen LogP contribution in [0.1, 0.15) is 38.6 Å². The Morgan fingerprint density at radius 3 is 2.62 bits per heavy atom. The second kappa shape index (κ2) is 11.0. The molecule has 0 amide bonds. The first kappa shape index (κ1) is 18.4. The molecule has 0 radical (unpaired) electrons. The Labute approximate surface area is 130 Å². The van der Waals surface area contributed by atoms with Crippen LogP contribution in [0.2, 0.25) is 18.1 Å². The molecule has 1 N–H and O–H groups in total. The molecule has 1 rings (SSSR count). The highest BCUT2D eigenvalue weighted by Gasteiger charge is 2.17. The first-order chi connectivity index (χ1) is 10.2. The van der Waals surface area contributed by atoms with Crippen molar-refractivity contribution in [2.75, 3.05) is 20.3 Å². The normalized spacial score (nSPS) is 14.5. The summed E-state index contributed by atoms with van der Waals surface area (Å²) in [5, 5.41) is 9.71. The van der Waals surface area contributed by atoms with Gasteiger partial charge in [-0.1, -0.05) is 38.4 Å². The molecule has 2 atom stereocenters. The fraction of sp³-hybridized carbons (Fsp3) is 0.750. The zero-order valence-corrected chi connectivity index (χ0v) is 14.7. The minimum absolute atomic E-state index is 0.0603. The molecule has 0 aliphatic rings. The van der Waals surface area contributed by atoms with E-state index >= 15 is 0 Å². The van der Waals surface area contributed by atoms with Crippen molar-refractivity contribution in [1.82, 2.24) is 0 Å². The molecule has 0 spiro atoms. The second-order valence-electron chi connectivity index (χ2n) is 5.56. The number of furan rings is 1. The lowest BCUT2D eigenvalue weighted by atomic mass is 10.1. The van der Waals surface area contributed by atoms with Crippen molar-refractivity contribution in [1.29, 1.82) is 0 Å². The van der Waals surface area contributed by atoms with Crippen LogP contribution < -0.4 is 0 Å². The zero-order chi connectivity index (χ0) is 15.5. The van der Waals surface area contributed by atoms with Gasteiger partial charge >= 0.3 is 0 Å². The molecule has 1 aromatic heterocycles. The summed E-state index contributed by atoms with van der Waals surface area (Å²) in [6, 6.07) is 7.92. The molecule has 0 aliphatic carbocycles. The number of aliphatic hydroxyl groups is 1. The molecule has 0 aromatic carbocycles. The fourth-order valence-electron chi connectivity index (χ4n) is 2.54. The molecule has 0 fully saturated rings. The summed E-state index contributed by atoms with van der Waals surface area (Å²) in [6.07, 6.45) is 3.16. The second-order valence-corrected chi connectivity index (χ2v) is 9.50.